The van der Waals surface area contributed by atoms with Crippen molar-refractivity contribution < 1.29 is 10.1 Å². The summed E-state index contributed by atoms with van der Waals surface area (Å²) in [5, 5.41) is 8.46. The minimum atomic E-state index is 0.202. The molecule has 0 saturated carbocycles. The highest BCUT2D eigenvalue weighted by Crippen LogP contribution is 2.22. The number of hydrogen-bond donors (Lipinski definition) is 1. The number of rotatable bonds is 5. The second kappa shape index (κ2) is 6.58. The molecule has 1 aromatic heterocycles. The van der Waals surface area contributed by atoms with Crippen LogP contribution in [0.3, 0.4) is 0 Å². The zero-order chi connectivity index (χ0) is 11.1. The predicted molar refractivity (Wildman–Crippen MR) is 63.9 cm³/mol. The van der Waals surface area contributed by atoms with Gasteiger partial charge >= 0.3 is 0 Å². The smallest absolute Gasteiger partial charge is 0.256 e. The van der Waals surface area contributed by atoms with E-state index < -0.39 is 0 Å². The molecule has 0 spiro atoms. The zero-order valence-electron chi connectivity index (χ0n) is 8.61. The summed E-state index contributed by atoms with van der Waals surface area (Å²) in [6.45, 7) is 2.15. The summed E-state index contributed by atoms with van der Waals surface area (Å²) in [7, 11) is 0. The molecular formula is C11H14BrNO2. The van der Waals surface area contributed by atoms with E-state index in [-0.39, 0.29) is 5.88 Å². The van der Waals surface area contributed by atoms with Crippen LogP contribution >= 0.6 is 15.9 Å². The quantitative estimate of drug-likeness (QED) is 0.502. The summed E-state index contributed by atoms with van der Waals surface area (Å²) < 4.78 is 0.926. The van der Waals surface area contributed by atoms with Gasteiger partial charge in [-0.05, 0) is 28.4 Å². The average molecular weight is 272 g/mol. The van der Waals surface area contributed by atoms with E-state index >= 15 is 0 Å². The summed E-state index contributed by atoms with van der Waals surface area (Å²) in [5.41, 5.74) is 0.762. The van der Waals surface area contributed by atoms with E-state index in [4.69, 9.17) is 5.26 Å². The van der Waals surface area contributed by atoms with Gasteiger partial charge in [-0.3, -0.25) is 0 Å². The molecule has 82 valence electrons. The van der Waals surface area contributed by atoms with Crippen LogP contribution in [0.15, 0.2) is 24.3 Å². The van der Waals surface area contributed by atoms with Crippen molar-refractivity contribution in [1.82, 2.24) is 4.98 Å². The van der Waals surface area contributed by atoms with Crippen molar-refractivity contribution in [2.75, 3.05) is 0 Å². The van der Waals surface area contributed by atoms with Gasteiger partial charge in [0, 0.05) is 10.5 Å². The Kier molecular flexibility index (Phi) is 5.36. The van der Waals surface area contributed by atoms with E-state index in [0.29, 0.717) is 0 Å². The van der Waals surface area contributed by atoms with Crippen LogP contribution in [-0.4, -0.2) is 10.2 Å². The fourth-order valence-corrected chi connectivity index (χ4v) is 1.59. The second-order valence-corrected chi connectivity index (χ2v) is 4.00. The lowest BCUT2D eigenvalue weighted by Gasteiger charge is -2.00. The standard InChI is InChI=1S/C11H14BrNO2/c1-2-3-4-6-9(12)10-7-5-8-11(13-10)15-14/h5-8,14H,2-4H2,1H3/b9-6-. The summed E-state index contributed by atoms with van der Waals surface area (Å²) in [6.07, 6.45) is 5.42. The van der Waals surface area contributed by atoms with Gasteiger partial charge in [0.15, 0.2) is 0 Å². The highest BCUT2D eigenvalue weighted by molar-refractivity contribution is 9.15. The van der Waals surface area contributed by atoms with Gasteiger partial charge in [-0.25, -0.2) is 10.2 Å². The Bertz CT molecular complexity index is 339. The lowest BCUT2D eigenvalue weighted by atomic mass is 10.2. The lowest BCUT2D eigenvalue weighted by Crippen LogP contribution is -1.90. The molecule has 0 amide bonds. The van der Waals surface area contributed by atoms with Gasteiger partial charge in [-0.15, -0.1) is 0 Å². The van der Waals surface area contributed by atoms with E-state index in [2.05, 4.69) is 38.8 Å². The Morgan fingerprint density at radius 2 is 2.40 bits per heavy atom. The van der Waals surface area contributed by atoms with Crippen LogP contribution in [0.1, 0.15) is 31.9 Å². The topological polar surface area (TPSA) is 42.4 Å². The molecule has 0 atom stereocenters. The van der Waals surface area contributed by atoms with Gasteiger partial charge in [-0.1, -0.05) is 31.9 Å². The SMILES string of the molecule is CCCC/C=C(\Br)c1cccc(OO)n1. The number of pyridine rings is 1. The summed E-state index contributed by atoms with van der Waals surface area (Å²) in [5.74, 6) is 0.202. The van der Waals surface area contributed by atoms with Gasteiger partial charge in [0.25, 0.3) is 5.88 Å². The number of hydrogen-bond acceptors (Lipinski definition) is 3. The van der Waals surface area contributed by atoms with E-state index in [9.17, 15) is 0 Å². The van der Waals surface area contributed by atoms with Crippen molar-refractivity contribution in [3.63, 3.8) is 0 Å². The molecular weight excluding hydrogens is 258 g/mol. The Balaban J connectivity index is 2.72. The molecule has 0 saturated heterocycles. The van der Waals surface area contributed by atoms with Gasteiger partial charge < -0.3 is 4.89 Å². The maximum absolute atomic E-state index is 8.46. The second-order valence-electron chi connectivity index (χ2n) is 3.15. The number of allylic oxidation sites excluding steroid dienone is 1. The maximum atomic E-state index is 8.46. The first kappa shape index (κ1) is 12.2. The molecule has 0 unspecified atom stereocenters. The number of aromatic nitrogens is 1. The molecule has 0 bridgehead atoms. The summed E-state index contributed by atoms with van der Waals surface area (Å²) in [6, 6.07) is 5.23. The van der Waals surface area contributed by atoms with Gasteiger partial charge in [0.1, 0.15) is 0 Å². The molecule has 1 aromatic rings. The van der Waals surface area contributed by atoms with E-state index in [1.165, 1.54) is 6.42 Å². The summed E-state index contributed by atoms with van der Waals surface area (Å²) >= 11 is 3.44. The molecule has 15 heavy (non-hydrogen) atoms. The van der Waals surface area contributed by atoms with Gasteiger partial charge in [0.2, 0.25) is 0 Å². The molecule has 1 rings (SSSR count). The minimum absolute atomic E-state index is 0.202. The fraction of sp³-hybridized carbons (Fsp3) is 0.364. The molecule has 0 aliphatic carbocycles. The molecule has 0 fully saturated rings. The zero-order valence-corrected chi connectivity index (χ0v) is 10.2. The van der Waals surface area contributed by atoms with Gasteiger partial charge in [0.05, 0.1) is 5.69 Å². The number of unbranched alkanes of at least 4 members (excludes halogenated alkanes) is 2. The third-order valence-corrected chi connectivity index (χ3v) is 2.67. The first-order valence-corrected chi connectivity index (χ1v) is 5.71. The lowest BCUT2D eigenvalue weighted by molar-refractivity contribution is -0.141. The van der Waals surface area contributed by atoms with Crippen molar-refractivity contribution in [1.29, 1.82) is 0 Å². The maximum Gasteiger partial charge on any atom is 0.256 e. The molecule has 0 aliphatic heterocycles. The molecule has 0 aliphatic rings. The van der Waals surface area contributed by atoms with Crippen molar-refractivity contribution >= 4 is 20.4 Å². The monoisotopic (exact) mass is 271 g/mol. The van der Waals surface area contributed by atoms with Crippen LogP contribution in [0.4, 0.5) is 0 Å². The first-order valence-electron chi connectivity index (χ1n) is 4.92. The normalized spacial score (nSPS) is 11.5. The van der Waals surface area contributed by atoms with Crippen LogP contribution in [0.2, 0.25) is 0 Å². The Labute approximate surface area is 97.9 Å². The average Bonchev–Trinajstić information content (AvgIpc) is 2.29. The fourth-order valence-electron chi connectivity index (χ4n) is 1.14. The Morgan fingerprint density at radius 3 is 3.07 bits per heavy atom. The molecule has 3 nitrogen and oxygen atoms in total. The number of nitrogens with zero attached hydrogens (tertiary/aromatic N) is 1. The van der Waals surface area contributed by atoms with E-state index in [1.807, 2.05) is 6.07 Å². The van der Waals surface area contributed by atoms with Crippen molar-refractivity contribution in [2.24, 2.45) is 0 Å². The van der Waals surface area contributed by atoms with Crippen LogP contribution in [-0.2, 0) is 0 Å². The minimum Gasteiger partial charge on any atom is -0.320 e. The third kappa shape index (κ3) is 4.01. The Morgan fingerprint density at radius 1 is 1.60 bits per heavy atom. The molecule has 0 radical (unpaired) electrons. The molecule has 4 heteroatoms. The largest absolute Gasteiger partial charge is 0.320 e. The molecule has 0 aromatic carbocycles. The van der Waals surface area contributed by atoms with E-state index in [0.717, 1.165) is 23.0 Å². The van der Waals surface area contributed by atoms with Crippen LogP contribution in [0.5, 0.6) is 5.88 Å². The first-order chi connectivity index (χ1) is 7.27. The van der Waals surface area contributed by atoms with Crippen molar-refractivity contribution in [2.45, 2.75) is 26.2 Å². The van der Waals surface area contributed by atoms with Gasteiger partial charge in [-0.2, -0.15) is 0 Å². The number of halogens is 1. The van der Waals surface area contributed by atoms with E-state index in [1.54, 1.807) is 12.1 Å². The van der Waals surface area contributed by atoms with Crippen LogP contribution in [0, 0.1) is 0 Å². The third-order valence-electron chi connectivity index (χ3n) is 1.94. The highest BCUT2D eigenvalue weighted by Gasteiger charge is 2.01. The highest BCUT2D eigenvalue weighted by atomic mass is 79.9. The van der Waals surface area contributed by atoms with Crippen LogP contribution < -0.4 is 4.89 Å². The Hall–Kier alpha value is -0.870. The predicted octanol–water partition coefficient (Wildman–Crippen LogP) is 3.86. The molecule has 1 N–H and O–H groups in total. The molecule has 1 heterocycles. The van der Waals surface area contributed by atoms with Crippen LogP contribution in [0.25, 0.3) is 4.48 Å². The van der Waals surface area contributed by atoms with Crippen molar-refractivity contribution in [3.8, 4) is 5.88 Å². The van der Waals surface area contributed by atoms with Crippen molar-refractivity contribution in [3.05, 3.63) is 30.0 Å². The summed E-state index contributed by atoms with van der Waals surface area (Å²) in [4.78, 5) is 8.15.